The molecule has 0 bridgehead atoms. The van der Waals surface area contributed by atoms with Crippen LogP contribution in [0.2, 0.25) is 0 Å². The van der Waals surface area contributed by atoms with E-state index in [2.05, 4.69) is 323 Å². The van der Waals surface area contributed by atoms with Crippen LogP contribution in [0.4, 0.5) is 34.1 Å². The zero-order valence-electron chi connectivity index (χ0n) is 74.4. The third-order valence-electron chi connectivity index (χ3n) is 23.6. The molecule has 0 unspecified atom stereocenters. The number of rotatable bonds is 8. The van der Waals surface area contributed by atoms with Crippen LogP contribution in [0.1, 0.15) is 148 Å². The molecule has 3 aromatic heterocycles. The van der Waals surface area contributed by atoms with Gasteiger partial charge in [-0.1, -0.05) is 280 Å². The molecule has 19 rings (SSSR count). The Hall–Kier alpha value is -12.4. The summed E-state index contributed by atoms with van der Waals surface area (Å²) < 4.78 is 82.4. The molecule has 7 heteroatoms. The van der Waals surface area contributed by atoms with Crippen LogP contribution in [0.15, 0.2) is 291 Å². The molecule has 546 valence electrons. The number of nitrogens with zero attached hydrogens (tertiary/aromatic N) is 6. The summed E-state index contributed by atoms with van der Waals surface area (Å²) in [6.45, 7) is 33.7. The van der Waals surface area contributed by atoms with E-state index in [1.165, 1.54) is 22.3 Å². The Labute approximate surface area is 670 Å². The molecule has 6 nitrogen and oxygen atoms in total. The standard InChI is InChI=1S/C105H93BN6/c1-101(2,3)70-43-50-92-84(57-70)85-58-71(102(4,5)6)44-51-93(85)109(92)77-47-49-87-96(63-77)112(100-82(65-30-18-16-19-31-65)59-74(105(13,14)15)60-83(100)66-32-20-17-21-33-66)98-55-69(68-52-72(103(7,8)9)56-73(53-68)104(10,11)12)54-97-99(98)106(87)86-48-46-76(108-88-38-26-22-34-78(88)79-35-23-27-39-89(79)108)62-95(86)110(97)75-45-42-67(64-107)94(61-75)111-90-40-28-24-36-80(90)81-37-25-29-41-91(81)111/h16-63H,1-15H3/i22D,23D,26D,27D,34D,35D,38D,39D. The molecule has 0 spiro atoms. The van der Waals surface area contributed by atoms with E-state index in [9.17, 15) is 13.5 Å². The molecule has 2 aliphatic heterocycles. The SMILES string of the molecule is [2H]c1c([2H])c([2H])c2c(c1[2H])c1c([2H])c([2H])c([2H])c([2H])c1n2-c1ccc2c(c1)N(c1ccc(C#N)c(-n3c4ccccc4c4ccccc43)c1)c1cc(-c3cc(C(C)(C)C)cc(C(C)(C)C)c3)cc3c1B2c1ccc(-n2c4ccc(C(C)(C)C)cc4c4cc(C(C)(C)C)ccc42)cc1N3c1c(-c2ccccc2)cc(C(C)(C)C)cc1-c1ccccc1. The van der Waals surface area contributed by atoms with Crippen LogP contribution in [0.25, 0.3) is 116 Å². The van der Waals surface area contributed by atoms with E-state index in [1.807, 2.05) is 48.5 Å². The Kier molecular flexibility index (Phi) is 13.9. The monoisotopic (exact) mass is 1460 g/mol. The van der Waals surface area contributed by atoms with Crippen LogP contribution >= 0.6 is 0 Å². The third kappa shape index (κ3) is 11.3. The van der Waals surface area contributed by atoms with Gasteiger partial charge in [-0.2, -0.15) is 5.26 Å². The van der Waals surface area contributed by atoms with Crippen molar-refractivity contribution < 1.29 is 11.0 Å². The second-order valence-corrected chi connectivity index (χ2v) is 36.0. The normalized spacial score (nSPS) is 14.2. The van der Waals surface area contributed by atoms with Gasteiger partial charge in [0, 0.05) is 83.3 Å². The average molecular weight is 1460 g/mol. The Morgan fingerprint density at radius 1 is 0.295 bits per heavy atom. The lowest BCUT2D eigenvalue weighted by atomic mass is 9.33. The molecular weight excluding hydrogens is 1360 g/mol. The van der Waals surface area contributed by atoms with Gasteiger partial charge in [-0.3, -0.25) is 0 Å². The van der Waals surface area contributed by atoms with Crippen molar-refractivity contribution in [1.29, 1.82) is 5.26 Å². The van der Waals surface area contributed by atoms with Crippen LogP contribution in [-0.2, 0) is 27.1 Å². The van der Waals surface area contributed by atoms with Crippen LogP contribution in [0.3, 0.4) is 0 Å². The number of fused-ring (bicyclic) bond motifs is 13. The number of nitriles is 1. The summed E-state index contributed by atoms with van der Waals surface area (Å²) in [7, 11) is 0. The Morgan fingerprint density at radius 2 is 0.696 bits per heavy atom. The van der Waals surface area contributed by atoms with E-state index in [0.717, 1.165) is 127 Å². The molecule has 5 heterocycles. The Bertz CT molecular complexity index is 7020. The molecule has 112 heavy (non-hydrogen) atoms. The predicted molar refractivity (Wildman–Crippen MR) is 478 cm³/mol. The van der Waals surface area contributed by atoms with Crippen molar-refractivity contribution in [2.45, 2.75) is 131 Å². The third-order valence-corrected chi connectivity index (χ3v) is 23.6. The maximum absolute atomic E-state index is 11.7. The van der Waals surface area contributed by atoms with E-state index in [-0.39, 0.29) is 48.9 Å². The van der Waals surface area contributed by atoms with Gasteiger partial charge in [-0.05, 0) is 209 Å². The maximum atomic E-state index is 11.7. The number of benzene rings is 14. The van der Waals surface area contributed by atoms with Gasteiger partial charge in [-0.15, -0.1) is 0 Å². The molecule has 0 atom stereocenters. The molecule has 0 N–H and O–H groups in total. The molecule has 0 saturated carbocycles. The quantitative estimate of drug-likeness (QED) is 0.142. The highest BCUT2D eigenvalue weighted by molar-refractivity contribution is 7.00. The fourth-order valence-corrected chi connectivity index (χ4v) is 17.6. The summed E-state index contributed by atoms with van der Waals surface area (Å²) in [6.07, 6.45) is 0. The molecule has 0 aliphatic carbocycles. The lowest BCUT2D eigenvalue weighted by Gasteiger charge is -2.45. The molecule has 0 amide bonds. The fourth-order valence-electron chi connectivity index (χ4n) is 17.6. The van der Waals surface area contributed by atoms with Gasteiger partial charge >= 0.3 is 0 Å². The van der Waals surface area contributed by atoms with Gasteiger partial charge in [0.2, 0.25) is 0 Å². The summed E-state index contributed by atoms with van der Waals surface area (Å²) >= 11 is 0. The van der Waals surface area contributed by atoms with E-state index in [4.69, 9.17) is 2.74 Å². The van der Waals surface area contributed by atoms with Crippen LogP contribution in [0, 0.1) is 11.3 Å². The summed E-state index contributed by atoms with van der Waals surface area (Å²) in [5.74, 6) is 0. The first kappa shape index (κ1) is 61.4. The highest BCUT2D eigenvalue weighted by atomic mass is 15.2. The van der Waals surface area contributed by atoms with Crippen molar-refractivity contribution in [1.82, 2.24) is 13.7 Å². The summed E-state index contributed by atoms with van der Waals surface area (Å²) in [5, 5.41) is 16.0. The Balaban J connectivity index is 1.02. The molecule has 2 aliphatic rings. The minimum absolute atomic E-state index is 0.0112. The van der Waals surface area contributed by atoms with Crippen molar-refractivity contribution in [3.05, 3.63) is 324 Å². The number of para-hydroxylation sites is 4. The molecule has 0 saturated heterocycles. The lowest BCUT2D eigenvalue weighted by molar-refractivity contribution is 0.569. The molecule has 0 fully saturated rings. The summed E-state index contributed by atoms with van der Waals surface area (Å²) in [5.41, 5.74) is 25.2. The van der Waals surface area contributed by atoms with Crippen molar-refractivity contribution in [2.24, 2.45) is 0 Å². The Morgan fingerprint density at radius 3 is 1.18 bits per heavy atom. The second kappa shape index (κ2) is 25.3. The predicted octanol–water partition coefficient (Wildman–Crippen LogP) is 26.4. The van der Waals surface area contributed by atoms with Crippen LogP contribution in [-0.4, -0.2) is 20.4 Å². The minimum atomic E-state index is -0.574. The van der Waals surface area contributed by atoms with Gasteiger partial charge in [-0.25, -0.2) is 0 Å². The fraction of sp³-hybridized carbons (Fsp3) is 0.190. The minimum Gasteiger partial charge on any atom is -0.311 e. The van der Waals surface area contributed by atoms with Gasteiger partial charge in [0.15, 0.2) is 0 Å². The topological polar surface area (TPSA) is 45.1 Å². The largest absolute Gasteiger partial charge is 0.311 e. The lowest BCUT2D eigenvalue weighted by Crippen LogP contribution is -2.61. The van der Waals surface area contributed by atoms with Gasteiger partial charge in [0.25, 0.3) is 6.71 Å². The molecule has 14 aromatic carbocycles. The van der Waals surface area contributed by atoms with Crippen molar-refractivity contribution in [2.75, 3.05) is 9.80 Å². The van der Waals surface area contributed by atoms with E-state index >= 15 is 0 Å². The molecule has 17 aromatic rings. The van der Waals surface area contributed by atoms with Crippen molar-refractivity contribution in [3.63, 3.8) is 0 Å². The van der Waals surface area contributed by atoms with Crippen LogP contribution in [0.5, 0.6) is 0 Å². The van der Waals surface area contributed by atoms with E-state index in [0.29, 0.717) is 28.3 Å². The first-order valence-corrected chi connectivity index (χ1v) is 39.2. The molecular formula is C105H93BN6. The summed E-state index contributed by atoms with van der Waals surface area (Å²) in [6, 6.07) is 87.3. The number of hydrogen-bond donors (Lipinski definition) is 0. The highest BCUT2D eigenvalue weighted by Crippen LogP contribution is 2.54. The van der Waals surface area contributed by atoms with Crippen LogP contribution < -0.4 is 26.2 Å². The van der Waals surface area contributed by atoms with Crippen molar-refractivity contribution >= 4 is 123 Å². The molecule has 0 radical (unpaired) electrons. The second-order valence-electron chi connectivity index (χ2n) is 36.0. The first-order valence-electron chi connectivity index (χ1n) is 43.2. The highest BCUT2D eigenvalue weighted by Gasteiger charge is 2.46. The van der Waals surface area contributed by atoms with E-state index < -0.39 is 55.1 Å². The zero-order valence-corrected chi connectivity index (χ0v) is 66.4. The van der Waals surface area contributed by atoms with Crippen molar-refractivity contribution in [3.8, 4) is 56.5 Å². The van der Waals surface area contributed by atoms with Gasteiger partial charge in [0.1, 0.15) is 6.07 Å². The number of hydrogen-bond acceptors (Lipinski definition) is 3. The van der Waals surface area contributed by atoms with E-state index in [1.54, 1.807) is 4.57 Å². The average Bonchev–Trinajstić information content (AvgIpc) is 0.802. The number of anilines is 6. The zero-order chi connectivity index (χ0) is 84.4. The van der Waals surface area contributed by atoms with Gasteiger partial charge < -0.3 is 23.5 Å². The van der Waals surface area contributed by atoms with Gasteiger partial charge in [0.05, 0.1) is 61.0 Å². The smallest absolute Gasteiger partial charge is 0.252 e. The number of aromatic nitrogens is 3. The first-order chi connectivity index (χ1) is 57.0. The summed E-state index contributed by atoms with van der Waals surface area (Å²) in [4.78, 5) is 4.91. The maximum Gasteiger partial charge on any atom is 0.252 e.